The molecule has 0 atom stereocenters. The second-order valence-corrected chi connectivity index (χ2v) is 8.08. The summed E-state index contributed by atoms with van der Waals surface area (Å²) in [5.41, 5.74) is 10.0. The molecule has 5 aromatic rings. The molecule has 0 N–H and O–H groups in total. The van der Waals surface area contributed by atoms with Gasteiger partial charge in [-0.25, -0.2) is 0 Å². The maximum absolute atomic E-state index is 3.14. The summed E-state index contributed by atoms with van der Waals surface area (Å²) in [5.74, 6) is 0. The van der Waals surface area contributed by atoms with Gasteiger partial charge in [-0.05, 0) is 56.6 Å². The molecule has 0 aromatic heterocycles. The molecule has 0 unspecified atom stereocenters. The van der Waals surface area contributed by atoms with Crippen molar-refractivity contribution in [2.75, 3.05) is 0 Å². The largest absolute Gasteiger partial charge is 0.0713 e. The quantitative estimate of drug-likeness (QED) is 0.292. The molecule has 0 aliphatic heterocycles. The lowest BCUT2D eigenvalue weighted by Crippen LogP contribution is -2.28. The Morgan fingerprint density at radius 1 is 0.452 bits per heavy atom. The van der Waals surface area contributed by atoms with E-state index >= 15 is 0 Å². The van der Waals surface area contributed by atoms with Crippen LogP contribution in [-0.4, -0.2) is 0 Å². The van der Waals surface area contributed by atoms with E-state index in [2.05, 4.69) is 121 Å². The fraction of sp³-hybridized carbons (Fsp3) is 0.0323. The lowest BCUT2D eigenvalue weighted by Gasteiger charge is -2.34. The Morgan fingerprint density at radius 2 is 1.03 bits per heavy atom. The Balaban J connectivity index is 1.74. The van der Waals surface area contributed by atoms with Crippen molar-refractivity contribution in [3.05, 3.63) is 156 Å². The number of rotatable bonds is 3. The van der Waals surface area contributed by atoms with Crippen LogP contribution in [-0.2, 0) is 5.41 Å². The van der Waals surface area contributed by atoms with Gasteiger partial charge in [0, 0.05) is 0 Å². The molecule has 0 spiro atoms. The van der Waals surface area contributed by atoms with Crippen LogP contribution in [0.3, 0.4) is 0 Å². The Labute approximate surface area is 183 Å². The maximum Gasteiger partial charge on any atom is 0.0713 e. The molecule has 0 saturated carbocycles. The molecule has 0 heterocycles. The second-order valence-electron chi connectivity index (χ2n) is 8.08. The van der Waals surface area contributed by atoms with Gasteiger partial charge in [0.2, 0.25) is 0 Å². The summed E-state index contributed by atoms with van der Waals surface area (Å²) in [6.45, 7) is 0. The number of hydrogen-bond donors (Lipinski definition) is 0. The van der Waals surface area contributed by atoms with E-state index < -0.39 is 0 Å². The summed E-state index contributed by atoms with van der Waals surface area (Å²) < 4.78 is 0. The van der Waals surface area contributed by atoms with Crippen molar-refractivity contribution in [2.24, 2.45) is 0 Å². The third-order valence-corrected chi connectivity index (χ3v) is 6.51. The molecule has 0 bridgehead atoms. The molecule has 6 rings (SSSR count). The molecule has 31 heavy (non-hydrogen) atoms. The van der Waals surface area contributed by atoms with Crippen LogP contribution in [0, 0.1) is 6.07 Å². The van der Waals surface area contributed by atoms with Crippen molar-refractivity contribution in [1.82, 2.24) is 0 Å². The van der Waals surface area contributed by atoms with Crippen molar-refractivity contribution >= 4 is 0 Å². The van der Waals surface area contributed by atoms with Gasteiger partial charge >= 0.3 is 0 Å². The third kappa shape index (κ3) is 2.62. The van der Waals surface area contributed by atoms with Gasteiger partial charge in [-0.15, -0.1) is 0 Å². The molecule has 0 heteroatoms. The van der Waals surface area contributed by atoms with Gasteiger partial charge in [0.25, 0.3) is 0 Å². The molecular weight excluding hydrogens is 372 g/mol. The fourth-order valence-corrected chi connectivity index (χ4v) is 5.20. The van der Waals surface area contributed by atoms with Gasteiger partial charge < -0.3 is 0 Å². The molecule has 0 nitrogen and oxygen atoms in total. The molecule has 0 fully saturated rings. The van der Waals surface area contributed by atoms with E-state index in [1.165, 1.54) is 44.5 Å². The summed E-state index contributed by atoms with van der Waals surface area (Å²) in [7, 11) is 0. The van der Waals surface area contributed by atoms with Crippen molar-refractivity contribution in [3.63, 3.8) is 0 Å². The highest BCUT2D eigenvalue weighted by Gasteiger charge is 2.45. The predicted octanol–water partition coefficient (Wildman–Crippen LogP) is 7.52. The minimum Gasteiger partial charge on any atom is -0.0622 e. The van der Waals surface area contributed by atoms with Crippen molar-refractivity contribution < 1.29 is 0 Å². The third-order valence-electron chi connectivity index (χ3n) is 6.51. The van der Waals surface area contributed by atoms with Crippen LogP contribution in [0.2, 0.25) is 0 Å². The van der Waals surface area contributed by atoms with Crippen LogP contribution >= 0.6 is 0 Å². The highest BCUT2D eigenvalue weighted by atomic mass is 14.5. The van der Waals surface area contributed by atoms with Crippen LogP contribution in [0.15, 0.2) is 127 Å². The maximum atomic E-state index is 3.14. The molecule has 1 radical (unpaired) electrons. The van der Waals surface area contributed by atoms with E-state index in [9.17, 15) is 0 Å². The zero-order chi connectivity index (χ0) is 20.7. The smallest absolute Gasteiger partial charge is 0.0622 e. The van der Waals surface area contributed by atoms with Gasteiger partial charge in [0.05, 0.1) is 5.41 Å². The van der Waals surface area contributed by atoms with Crippen molar-refractivity contribution in [3.8, 4) is 22.3 Å². The highest BCUT2D eigenvalue weighted by molar-refractivity contribution is 5.88. The van der Waals surface area contributed by atoms with Crippen LogP contribution in [0.5, 0.6) is 0 Å². The first-order chi connectivity index (χ1) is 15.4. The van der Waals surface area contributed by atoms with E-state index in [0.717, 1.165) is 0 Å². The van der Waals surface area contributed by atoms with E-state index in [0.29, 0.717) is 0 Å². The van der Waals surface area contributed by atoms with Gasteiger partial charge in [-0.1, -0.05) is 121 Å². The minimum atomic E-state index is -0.342. The van der Waals surface area contributed by atoms with Crippen molar-refractivity contribution in [1.29, 1.82) is 0 Å². The van der Waals surface area contributed by atoms with Crippen LogP contribution in [0.1, 0.15) is 22.3 Å². The summed E-state index contributed by atoms with van der Waals surface area (Å²) in [5, 5.41) is 0. The normalized spacial score (nSPS) is 13.4. The zero-order valence-corrected chi connectivity index (χ0v) is 17.1. The first kappa shape index (κ1) is 17.9. The lowest BCUT2D eigenvalue weighted by molar-refractivity contribution is 0.769. The van der Waals surface area contributed by atoms with Gasteiger partial charge in [-0.2, -0.15) is 0 Å². The monoisotopic (exact) mass is 393 g/mol. The average Bonchev–Trinajstić information content (AvgIpc) is 3.16. The lowest BCUT2D eigenvalue weighted by atomic mass is 9.67. The summed E-state index contributed by atoms with van der Waals surface area (Å²) in [4.78, 5) is 0. The first-order valence-electron chi connectivity index (χ1n) is 10.7. The number of benzene rings is 5. The standard InChI is InChI=1S/C31H21/c1-4-12-23(13-5-1)24-20-21-28-27-18-10-11-19-29(27)31(30(28)22-24,25-14-6-2-7-15-25)26-16-8-3-9-17-26/h2-22H. The zero-order valence-electron chi connectivity index (χ0n) is 17.1. The van der Waals surface area contributed by atoms with Crippen LogP contribution < -0.4 is 0 Å². The Kier molecular flexibility index (Phi) is 4.11. The molecule has 0 saturated heterocycles. The van der Waals surface area contributed by atoms with Crippen molar-refractivity contribution in [2.45, 2.75) is 5.41 Å². The Hall–Kier alpha value is -3.90. The van der Waals surface area contributed by atoms with Crippen LogP contribution in [0.25, 0.3) is 22.3 Å². The average molecular weight is 394 g/mol. The van der Waals surface area contributed by atoms with Gasteiger partial charge in [-0.3, -0.25) is 0 Å². The molecule has 5 aromatic carbocycles. The Morgan fingerprint density at radius 3 is 1.71 bits per heavy atom. The van der Waals surface area contributed by atoms with Gasteiger partial charge in [0.15, 0.2) is 0 Å². The molecular formula is C31H21. The predicted molar refractivity (Wildman–Crippen MR) is 128 cm³/mol. The Bertz CT molecular complexity index is 1310. The topological polar surface area (TPSA) is 0 Å². The summed E-state index contributed by atoms with van der Waals surface area (Å²) >= 11 is 0. The minimum absolute atomic E-state index is 0.342. The molecule has 145 valence electrons. The number of fused-ring (bicyclic) bond motifs is 3. The highest BCUT2D eigenvalue weighted by Crippen LogP contribution is 2.56. The SMILES string of the molecule is [c]1ccc(-c2ccc3c(c2)C(c2ccccc2)(c2ccccc2)c2ccccc2-3)cc1. The van der Waals surface area contributed by atoms with E-state index in [1.54, 1.807) is 0 Å². The molecule has 1 aliphatic carbocycles. The molecule has 1 aliphatic rings. The van der Waals surface area contributed by atoms with Crippen LogP contribution in [0.4, 0.5) is 0 Å². The first-order valence-corrected chi connectivity index (χ1v) is 10.7. The summed E-state index contributed by atoms with van der Waals surface area (Å²) in [6.07, 6.45) is 0. The number of hydrogen-bond acceptors (Lipinski definition) is 0. The van der Waals surface area contributed by atoms with E-state index in [1.807, 2.05) is 12.1 Å². The molecule has 0 amide bonds. The summed E-state index contributed by atoms with van der Waals surface area (Å²) in [6, 6.07) is 49.1. The fourth-order valence-electron chi connectivity index (χ4n) is 5.20. The van der Waals surface area contributed by atoms with Gasteiger partial charge in [0.1, 0.15) is 0 Å². The van der Waals surface area contributed by atoms with E-state index in [-0.39, 0.29) is 5.41 Å². The second kappa shape index (κ2) is 7.11. The van der Waals surface area contributed by atoms with E-state index in [4.69, 9.17) is 0 Å².